The van der Waals surface area contributed by atoms with E-state index in [1.807, 2.05) is 29.1 Å². The molecule has 0 saturated heterocycles. The summed E-state index contributed by atoms with van der Waals surface area (Å²) in [4.78, 5) is 12.4. The van der Waals surface area contributed by atoms with Crippen molar-refractivity contribution >= 4 is 45.0 Å². The van der Waals surface area contributed by atoms with Crippen LogP contribution >= 0.6 is 22.6 Å². The first-order chi connectivity index (χ1) is 12.6. The molecule has 0 spiro atoms. The lowest BCUT2D eigenvalue weighted by molar-refractivity contribution is 0.102. The Morgan fingerprint density at radius 3 is 2.77 bits per heavy atom. The number of carbonyl (C=O) groups excluding carboxylic acids is 1. The molecule has 0 atom stereocenters. The van der Waals surface area contributed by atoms with Crippen molar-refractivity contribution in [3.8, 4) is 0 Å². The van der Waals surface area contributed by atoms with E-state index in [1.54, 1.807) is 24.1 Å². The number of hydrogen-bond donors (Lipinski definition) is 1. The van der Waals surface area contributed by atoms with Crippen molar-refractivity contribution in [3.63, 3.8) is 0 Å². The van der Waals surface area contributed by atoms with Crippen LogP contribution in [0.5, 0.6) is 0 Å². The lowest BCUT2D eigenvalue weighted by Crippen LogP contribution is -2.13. The van der Waals surface area contributed by atoms with Crippen molar-refractivity contribution < 1.29 is 4.79 Å². The molecule has 0 unspecified atom stereocenters. The van der Waals surface area contributed by atoms with Crippen molar-refractivity contribution in [2.24, 2.45) is 7.05 Å². The standard InChI is InChI=1S/C19H16IN5O/c1-24-12-17(20)18(23-24)19(26)22-15-9-21-25(11-15)10-14-7-4-6-13-5-2-3-8-16(13)14/h2-9,11-12H,10H2,1H3,(H,22,26). The molecule has 6 nitrogen and oxygen atoms in total. The van der Waals surface area contributed by atoms with E-state index in [1.165, 1.54) is 16.3 Å². The van der Waals surface area contributed by atoms with Crippen LogP contribution in [0.2, 0.25) is 0 Å². The van der Waals surface area contributed by atoms with Crippen LogP contribution in [0.3, 0.4) is 0 Å². The van der Waals surface area contributed by atoms with E-state index in [4.69, 9.17) is 0 Å². The molecule has 1 amide bonds. The molecule has 0 saturated carbocycles. The van der Waals surface area contributed by atoms with E-state index >= 15 is 0 Å². The van der Waals surface area contributed by atoms with Crippen molar-refractivity contribution in [1.29, 1.82) is 0 Å². The number of carbonyl (C=O) groups is 1. The van der Waals surface area contributed by atoms with E-state index in [0.717, 1.165) is 3.57 Å². The van der Waals surface area contributed by atoms with Gasteiger partial charge in [0.2, 0.25) is 0 Å². The quantitative estimate of drug-likeness (QED) is 0.476. The lowest BCUT2D eigenvalue weighted by Gasteiger charge is -2.06. The summed E-state index contributed by atoms with van der Waals surface area (Å²) in [5, 5.41) is 13.8. The Hall–Kier alpha value is -2.68. The Kier molecular flexibility index (Phi) is 4.46. The van der Waals surface area contributed by atoms with Crippen LogP contribution in [0.15, 0.2) is 61.1 Å². The number of benzene rings is 2. The minimum Gasteiger partial charge on any atom is -0.318 e. The molecule has 2 aromatic carbocycles. The molecule has 0 fully saturated rings. The number of nitrogens with zero attached hydrogens (tertiary/aromatic N) is 4. The fraction of sp³-hybridized carbons (Fsp3) is 0.105. The number of fused-ring (bicyclic) bond motifs is 1. The first kappa shape index (κ1) is 16.8. The van der Waals surface area contributed by atoms with E-state index in [9.17, 15) is 4.79 Å². The molecule has 4 aromatic rings. The molecule has 7 heteroatoms. The summed E-state index contributed by atoms with van der Waals surface area (Å²) < 4.78 is 4.26. The average Bonchev–Trinajstić information content (AvgIpc) is 3.21. The van der Waals surface area contributed by atoms with Gasteiger partial charge in [0.1, 0.15) is 0 Å². The number of rotatable bonds is 4. The summed E-state index contributed by atoms with van der Waals surface area (Å²) in [6.07, 6.45) is 5.29. The molecule has 0 aliphatic heterocycles. The molecule has 2 aromatic heterocycles. The second-order valence-corrected chi connectivity index (χ2v) is 7.18. The van der Waals surface area contributed by atoms with Gasteiger partial charge in [-0.3, -0.25) is 14.2 Å². The summed E-state index contributed by atoms with van der Waals surface area (Å²) in [5.74, 6) is -0.236. The zero-order valence-electron chi connectivity index (χ0n) is 14.1. The number of amides is 1. The molecule has 26 heavy (non-hydrogen) atoms. The van der Waals surface area contributed by atoms with Gasteiger partial charge in [-0.05, 0) is 38.9 Å². The van der Waals surface area contributed by atoms with Gasteiger partial charge >= 0.3 is 0 Å². The van der Waals surface area contributed by atoms with E-state index in [-0.39, 0.29) is 5.91 Å². The minimum absolute atomic E-state index is 0.236. The highest BCUT2D eigenvalue weighted by Crippen LogP contribution is 2.20. The van der Waals surface area contributed by atoms with Crippen LogP contribution in [0, 0.1) is 3.57 Å². The monoisotopic (exact) mass is 457 g/mol. The molecule has 1 N–H and O–H groups in total. The lowest BCUT2D eigenvalue weighted by atomic mass is 10.0. The molecule has 0 aliphatic carbocycles. The summed E-state index contributed by atoms with van der Waals surface area (Å²) in [5.41, 5.74) is 2.25. The van der Waals surface area contributed by atoms with Gasteiger partial charge in [-0.2, -0.15) is 10.2 Å². The SMILES string of the molecule is Cn1cc(I)c(C(=O)Nc2cnn(Cc3cccc4ccccc34)c2)n1. The van der Waals surface area contributed by atoms with Gasteiger partial charge in [0.25, 0.3) is 5.91 Å². The van der Waals surface area contributed by atoms with Crippen molar-refractivity contribution in [1.82, 2.24) is 19.6 Å². The van der Waals surface area contributed by atoms with Gasteiger partial charge in [-0.1, -0.05) is 42.5 Å². The minimum atomic E-state index is -0.236. The number of nitrogens with one attached hydrogen (secondary N) is 1. The molecular formula is C19H16IN5O. The van der Waals surface area contributed by atoms with Crippen LogP contribution in [0.1, 0.15) is 16.1 Å². The maximum absolute atomic E-state index is 12.4. The Bertz CT molecular complexity index is 1090. The van der Waals surface area contributed by atoms with Crippen LogP contribution in [-0.4, -0.2) is 25.5 Å². The van der Waals surface area contributed by atoms with Gasteiger partial charge in [0.05, 0.1) is 22.0 Å². The first-order valence-electron chi connectivity index (χ1n) is 8.10. The largest absolute Gasteiger partial charge is 0.318 e. The van der Waals surface area contributed by atoms with Gasteiger partial charge in [-0.25, -0.2) is 0 Å². The first-order valence-corrected chi connectivity index (χ1v) is 9.17. The van der Waals surface area contributed by atoms with Gasteiger partial charge in [0, 0.05) is 19.4 Å². The van der Waals surface area contributed by atoms with E-state index < -0.39 is 0 Å². The van der Waals surface area contributed by atoms with E-state index in [2.05, 4.69) is 62.4 Å². The number of aryl methyl sites for hydroxylation is 1. The van der Waals surface area contributed by atoms with Crippen molar-refractivity contribution in [3.05, 3.63) is 75.9 Å². The predicted octanol–water partition coefficient (Wildman–Crippen LogP) is 3.68. The fourth-order valence-electron chi connectivity index (χ4n) is 2.92. The van der Waals surface area contributed by atoms with Gasteiger partial charge < -0.3 is 5.32 Å². The predicted molar refractivity (Wildman–Crippen MR) is 109 cm³/mol. The second-order valence-electron chi connectivity index (χ2n) is 6.02. The molecule has 130 valence electrons. The molecular weight excluding hydrogens is 441 g/mol. The topological polar surface area (TPSA) is 64.7 Å². The highest BCUT2D eigenvalue weighted by atomic mass is 127. The Morgan fingerprint density at radius 1 is 1.15 bits per heavy atom. The summed E-state index contributed by atoms with van der Waals surface area (Å²) in [6, 6.07) is 14.5. The Labute approximate surface area is 164 Å². The van der Waals surface area contributed by atoms with Crippen LogP contribution in [-0.2, 0) is 13.6 Å². The van der Waals surface area contributed by atoms with Crippen LogP contribution in [0.4, 0.5) is 5.69 Å². The molecule has 4 rings (SSSR count). The second kappa shape index (κ2) is 6.91. The number of hydrogen-bond acceptors (Lipinski definition) is 3. The van der Waals surface area contributed by atoms with Crippen LogP contribution in [0.25, 0.3) is 10.8 Å². The van der Waals surface area contributed by atoms with Crippen LogP contribution < -0.4 is 5.32 Å². The number of anilines is 1. The number of aromatic nitrogens is 4. The third-order valence-corrected chi connectivity index (χ3v) is 4.89. The zero-order chi connectivity index (χ0) is 18.1. The summed E-state index contributed by atoms with van der Waals surface area (Å²) in [7, 11) is 1.79. The maximum Gasteiger partial charge on any atom is 0.277 e. The average molecular weight is 457 g/mol. The smallest absolute Gasteiger partial charge is 0.277 e. The molecule has 0 bridgehead atoms. The molecule has 0 radical (unpaired) electrons. The fourth-order valence-corrected chi connectivity index (χ4v) is 3.68. The Morgan fingerprint density at radius 2 is 1.96 bits per heavy atom. The van der Waals surface area contributed by atoms with E-state index in [0.29, 0.717) is 17.9 Å². The zero-order valence-corrected chi connectivity index (χ0v) is 16.2. The normalized spacial score (nSPS) is 11.0. The Balaban J connectivity index is 1.53. The summed E-state index contributed by atoms with van der Waals surface area (Å²) in [6.45, 7) is 0.637. The van der Waals surface area contributed by atoms with Gasteiger partial charge in [-0.15, -0.1) is 0 Å². The maximum atomic E-state index is 12.4. The third kappa shape index (κ3) is 3.34. The molecule has 2 heterocycles. The third-order valence-electron chi connectivity index (χ3n) is 4.10. The highest BCUT2D eigenvalue weighted by Gasteiger charge is 2.15. The molecule has 0 aliphatic rings. The van der Waals surface area contributed by atoms with Crippen molar-refractivity contribution in [2.75, 3.05) is 5.32 Å². The van der Waals surface area contributed by atoms with Gasteiger partial charge in [0.15, 0.2) is 5.69 Å². The number of halogens is 1. The van der Waals surface area contributed by atoms with Crippen molar-refractivity contribution in [2.45, 2.75) is 6.54 Å². The highest BCUT2D eigenvalue weighted by molar-refractivity contribution is 14.1. The summed E-state index contributed by atoms with van der Waals surface area (Å²) >= 11 is 2.10.